The van der Waals surface area contributed by atoms with E-state index in [4.69, 9.17) is 4.78 Å². The lowest BCUT2D eigenvalue weighted by Gasteiger charge is -2.31. The van der Waals surface area contributed by atoms with Crippen molar-refractivity contribution in [2.75, 3.05) is 5.75 Å². The van der Waals surface area contributed by atoms with Gasteiger partial charge in [0.1, 0.15) is 16.5 Å². The molecular weight excluding hydrogens is 559 g/mol. The molecule has 0 radical (unpaired) electrons. The number of alkyl halides is 7. The molecule has 2 aromatic carbocycles. The minimum atomic E-state index is -4.94. The molecule has 39 heavy (non-hydrogen) atoms. The molecule has 3 heterocycles. The van der Waals surface area contributed by atoms with Crippen LogP contribution in [0.2, 0.25) is 0 Å². The standard InChI is InChI=1S/C23H18F7N5O3S/c1-4-39(31,36)20-17(33-18(35(20)3)11-5-7-12(8-6-11)21(24,25)26)19-32-13-9-15-16(10-14(13)34(19)2)38-23(29,30)22(27,28)37-15/h5-10,31H,4H2,1-3H3. The monoisotopic (exact) mass is 577 g/mol. The van der Waals surface area contributed by atoms with Crippen LogP contribution in [0.4, 0.5) is 30.7 Å². The van der Waals surface area contributed by atoms with E-state index in [2.05, 4.69) is 19.4 Å². The first-order valence-electron chi connectivity index (χ1n) is 11.1. The van der Waals surface area contributed by atoms with Gasteiger partial charge in [0.05, 0.1) is 26.3 Å². The van der Waals surface area contributed by atoms with E-state index in [0.29, 0.717) is 0 Å². The highest BCUT2D eigenvalue weighted by atomic mass is 32.2. The van der Waals surface area contributed by atoms with Crippen LogP contribution in [0.5, 0.6) is 11.5 Å². The van der Waals surface area contributed by atoms with Gasteiger partial charge in [-0.2, -0.15) is 30.7 Å². The number of imidazole rings is 2. The van der Waals surface area contributed by atoms with Crippen molar-refractivity contribution in [1.82, 2.24) is 19.1 Å². The van der Waals surface area contributed by atoms with Crippen LogP contribution < -0.4 is 9.47 Å². The number of nitrogens with zero attached hydrogens (tertiary/aromatic N) is 4. The minimum absolute atomic E-state index is 0.0107. The van der Waals surface area contributed by atoms with E-state index in [1.165, 1.54) is 42.3 Å². The Balaban J connectivity index is 1.71. The summed E-state index contributed by atoms with van der Waals surface area (Å²) < 4.78 is 127. The summed E-state index contributed by atoms with van der Waals surface area (Å²) in [6.07, 6.45) is -14.4. The number of halogens is 7. The van der Waals surface area contributed by atoms with Crippen LogP contribution in [0.25, 0.3) is 33.9 Å². The van der Waals surface area contributed by atoms with Crippen LogP contribution in [-0.2, 0) is 30.0 Å². The first kappa shape index (κ1) is 26.8. The zero-order valence-electron chi connectivity index (χ0n) is 20.2. The number of hydrogen-bond donors (Lipinski definition) is 1. The fourth-order valence-corrected chi connectivity index (χ4v) is 5.43. The zero-order chi connectivity index (χ0) is 28.7. The fourth-order valence-electron chi connectivity index (χ4n) is 4.18. The average Bonchev–Trinajstić information content (AvgIpc) is 3.34. The Hall–Kier alpha value is -3.82. The Bertz CT molecular complexity index is 1730. The number of aromatic nitrogens is 4. The summed E-state index contributed by atoms with van der Waals surface area (Å²) in [6, 6.07) is 6.04. The summed E-state index contributed by atoms with van der Waals surface area (Å²) in [5, 5.41) is -0.0892. The molecule has 0 saturated heterocycles. The molecule has 0 aliphatic carbocycles. The highest BCUT2D eigenvalue weighted by molar-refractivity contribution is 7.92. The average molecular weight is 577 g/mol. The highest BCUT2D eigenvalue weighted by Crippen LogP contribution is 2.48. The molecule has 5 rings (SSSR count). The third-order valence-electron chi connectivity index (χ3n) is 6.21. The van der Waals surface area contributed by atoms with Crippen LogP contribution in [0.15, 0.2) is 41.4 Å². The first-order valence-corrected chi connectivity index (χ1v) is 12.8. The van der Waals surface area contributed by atoms with Gasteiger partial charge >= 0.3 is 18.4 Å². The van der Waals surface area contributed by atoms with E-state index >= 15 is 0 Å². The summed E-state index contributed by atoms with van der Waals surface area (Å²) in [6.45, 7) is 1.50. The molecule has 1 atom stereocenters. The number of benzene rings is 2. The number of aryl methyl sites for hydroxylation is 1. The molecule has 1 aliphatic heterocycles. The van der Waals surface area contributed by atoms with E-state index in [0.717, 1.165) is 24.3 Å². The van der Waals surface area contributed by atoms with Gasteiger partial charge in [-0.05, 0) is 12.1 Å². The van der Waals surface area contributed by atoms with Crippen LogP contribution in [0.3, 0.4) is 0 Å². The summed E-state index contributed by atoms with van der Waals surface area (Å²) >= 11 is 0. The molecular formula is C23H18F7N5O3S. The summed E-state index contributed by atoms with van der Waals surface area (Å²) in [5.41, 5.74) is -0.586. The Labute approximate surface area is 216 Å². The lowest BCUT2D eigenvalue weighted by atomic mass is 10.1. The second kappa shape index (κ2) is 8.34. The van der Waals surface area contributed by atoms with E-state index < -0.39 is 45.2 Å². The molecule has 16 heteroatoms. The number of hydrogen-bond acceptors (Lipinski definition) is 6. The van der Waals surface area contributed by atoms with Gasteiger partial charge in [-0.25, -0.2) is 19.0 Å². The molecule has 0 bridgehead atoms. The van der Waals surface area contributed by atoms with Gasteiger partial charge in [-0.15, -0.1) is 0 Å². The lowest BCUT2D eigenvalue weighted by Crippen LogP contribution is -2.52. The van der Waals surface area contributed by atoms with Crippen molar-refractivity contribution < 1.29 is 44.4 Å². The van der Waals surface area contributed by atoms with Crippen LogP contribution in [0, 0.1) is 4.78 Å². The second-order valence-electron chi connectivity index (χ2n) is 8.71. The largest absolute Gasteiger partial charge is 0.507 e. The van der Waals surface area contributed by atoms with Crippen molar-refractivity contribution in [3.05, 3.63) is 42.0 Å². The number of nitrogens with one attached hydrogen (secondary N) is 1. The van der Waals surface area contributed by atoms with E-state index in [1.54, 1.807) is 0 Å². The lowest BCUT2D eigenvalue weighted by molar-refractivity contribution is -0.391. The molecule has 0 amide bonds. The maximum absolute atomic E-state index is 13.7. The Kier molecular flexibility index (Phi) is 5.72. The van der Waals surface area contributed by atoms with Crippen molar-refractivity contribution in [2.45, 2.75) is 30.3 Å². The van der Waals surface area contributed by atoms with E-state index in [9.17, 15) is 34.9 Å². The molecule has 1 N–H and O–H groups in total. The second-order valence-corrected chi connectivity index (χ2v) is 11.0. The van der Waals surface area contributed by atoms with Gasteiger partial charge in [0, 0.05) is 37.5 Å². The van der Waals surface area contributed by atoms with Crippen LogP contribution in [-0.4, -0.2) is 41.3 Å². The molecule has 0 saturated carbocycles. The Morgan fingerprint density at radius 1 is 0.923 bits per heavy atom. The molecule has 2 aromatic heterocycles. The molecule has 0 spiro atoms. The van der Waals surface area contributed by atoms with Crippen molar-refractivity contribution >= 4 is 20.8 Å². The molecule has 208 valence electrons. The maximum atomic E-state index is 13.7. The topological polar surface area (TPSA) is 95.0 Å². The van der Waals surface area contributed by atoms with Crippen LogP contribution in [0.1, 0.15) is 12.5 Å². The number of rotatable bonds is 4. The SMILES string of the molecule is CCS(=N)(=O)c1c(-c2nc3cc4c(cc3n2C)OC(F)(F)C(F)(F)O4)nc(-c2ccc(C(F)(F)F)cc2)n1C. The normalized spacial score (nSPS) is 17.8. The van der Waals surface area contributed by atoms with E-state index in [1.807, 2.05) is 0 Å². The van der Waals surface area contributed by atoms with Gasteiger partial charge in [-0.1, -0.05) is 19.1 Å². The predicted octanol–water partition coefficient (Wildman–Crippen LogP) is 6.04. The summed E-state index contributed by atoms with van der Waals surface area (Å²) in [4.78, 5) is 8.79. The van der Waals surface area contributed by atoms with Gasteiger partial charge in [0.2, 0.25) is 0 Å². The quantitative estimate of drug-likeness (QED) is 0.299. The predicted molar refractivity (Wildman–Crippen MR) is 124 cm³/mol. The van der Waals surface area contributed by atoms with Crippen molar-refractivity contribution in [3.63, 3.8) is 0 Å². The molecule has 4 aromatic rings. The Morgan fingerprint density at radius 3 is 2.03 bits per heavy atom. The van der Waals surface area contributed by atoms with Gasteiger partial charge in [0.25, 0.3) is 0 Å². The molecule has 1 aliphatic rings. The minimum Gasteiger partial charge on any atom is -0.421 e. The van der Waals surface area contributed by atoms with Gasteiger partial charge in [0.15, 0.2) is 17.3 Å². The van der Waals surface area contributed by atoms with Crippen molar-refractivity contribution in [3.8, 4) is 34.4 Å². The maximum Gasteiger partial charge on any atom is 0.507 e. The third-order valence-corrected chi connectivity index (χ3v) is 8.11. The molecule has 8 nitrogen and oxygen atoms in total. The van der Waals surface area contributed by atoms with Gasteiger partial charge < -0.3 is 18.6 Å². The fraction of sp³-hybridized carbons (Fsp3) is 0.304. The van der Waals surface area contributed by atoms with E-state index in [-0.39, 0.29) is 44.7 Å². The summed E-state index contributed by atoms with van der Waals surface area (Å²) in [5.74, 6) is -1.43. The number of fused-ring (bicyclic) bond motifs is 2. The molecule has 0 fully saturated rings. The first-order chi connectivity index (χ1) is 18.0. The van der Waals surface area contributed by atoms with Crippen molar-refractivity contribution in [2.24, 2.45) is 14.1 Å². The third kappa shape index (κ3) is 4.17. The van der Waals surface area contributed by atoms with Crippen molar-refractivity contribution in [1.29, 1.82) is 4.78 Å². The van der Waals surface area contributed by atoms with Gasteiger partial charge in [-0.3, -0.25) is 0 Å². The Morgan fingerprint density at radius 2 is 1.49 bits per heavy atom. The zero-order valence-corrected chi connectivity index (χ0v) is 21.1. The smallest absolute Gasteiger partial charge is 0.421 e. The van der Waals surface area contributed by atoms with Crippen LogP contribution >= 0.6 is 0 Å². The molecule has 1 unspecified atom stereocenters. The summed E-state index contributed by atoms with van der Waals surface area (Å²) in [7, 11) is -0.621. The highest BCUT2D eigenvalue weighted by Gasteiger charge is 2.66. The number of ether oxygens (including phenoxy) is 2.